The third-order valence-electron chi connectivity index (χ3n) is 2.07. The lowest BCUT2D eigenvalue weighted by molar-refractivity contribution is -0.384. The highest BCUT2D eigenvalue weighted by molar-refractivity contribution is 7.14. The van der Waals surface area contributed by atoms with Crippen LogP contribution in [0.5, 0.6) is 0 Å². The molecule has 0 spiro atoms. The van der Waals surface area contributed by atoms with Crippen molar-refractivity contribution in [1.82, 2.24) is 3.96 Å². The molecule has 82 valence electrons. The van der Waals surface area contributed by atoms with Gasteiger partial charge in [0.15, 0.2) is 0 Å². The molecule has 2 rings (SSSR count). The predicted octanol–water partition coefficient (Wildman–Crippen LogP) is 1.63. The summed E-state index contributed by atoms with van der Waals surface area (Å²) in [4.78, 5) is 32.7. The van der Waals surface area contributed by atoms with E-state index in [2.05, 4.69) is 0 Å². The average Bonchev–Trinajstić information content (AvgIpc) is 2.55. The fraction of sp³-hybridized carbons (Fsp3) is 0.111. The molecule has 6 nitrogen and oxygen atoms in total. The molecular weight excluding hydrogens is 232 g/mol. The summed E-state index contributed by atoms with van der Waals surface area (Å²) in [6.45, 7) is 1.27. The lowest BCUT2D eigenvalue weighted by Gasteiger charge is -1.88. The van der Waals surface area contributed by atoms with Gasteiger partial charge < -0.3 is 0 Å². The fourth-order valence-corrected chi connectivity index (χ4v) is 2.27. The number of hydrogen-bond donors (Lipinski definition) is 0. The monoisotopic (exact) mass is 238 g/mol. The van der Waals surface area contributed by atoms with Crippen molar-refractivity contribution in [2.24, 2.45) is 0 Å². The van der Waals surface area contributed by atoms with Crippen LogP contribution < -0.4 is 5.56 Å². The molecule has 0 atom stereocenters. The molecule has 2 aromatic rings. The zero-order valence-corrected chi connectivity index (χ0v) is 8.98. The van der Waals surface area contributed by atoms with Gasteiger partial charge in [-0.05, 0) is 17.6 Å². The number of non-ortho nitro benzene ring substituents is 1. The molecule has 0 saturated carbocycles. The summed E-state index contributed by atoms with van der Waals surface area (Å²) in [5, 5.41) is 10.9. The van der Waals surface area contributed by atoms with Gasteiger partial charge in [-0.3, -0.25) is 19.7 Å². The van der Waals surface area contributed by atoms with Crippen molar-refractivity contribution in [3.05, 3.63) is 38.7 Å². The Morgan fingerprint density at radius 2 is 2.19 bits per heavy atom. The second-order valence-electron chi connectivity index (χ2n) is 3.15. The van der Waals surface area contributed by atoms with Gasteiger partial charge in [0.25, 0.3) is 11.2 Å². The van der Waals surface area contributed by atoms with Crippen molar-refractivity contribution in [1.29, 1.82) is 0 Å². The van der Waals surface area contributed by atoms with Crippen molar-refractivity contribution >= 4 is 33.2 Å². The number of aromatic nitrogens is 1. The minimum Gasteiger partial charge on any atom is -0.273 e. The second-order valence-corrected chi connectivity index (χ2v) is 4.13. The molecule has 0 fully saturated rings. The van der Waals surface area contributed by atoms with E-state index in [0.717, 1.165) is 15.5 Å². The summed E-state index contributed by atoms with van der Waals surface area (Å²) in [5.74, 6) is -0.395. The second kappa shape index (κ2) is 3.53. The molecule has 0 radical (unpaired) electrons. The van der Waals surface area contributed by atoms with E-state index in [4.69, 9.17) is 0 Å². The highest BCUT2D eigenvalue weighted by Crippen LogP contribution is 2.22. The van der Waals surface area contributed by atoms with Crippen LogP contribution in [0.3, 0.4) is 0 Å². The maximum atomic E-state index is 11.6. The van der Waals surface area contributed by atoms with Crippen molar-refractivity contribution in [3.8, 4) is 0 Å². The molecule has 0 aliphatic carbocycles. The molecule has 7 heteroatoms. The number of hydrogen-bond acceptors (Lipinski definition) is 5. The van der Waals surface area contributed by atoms with Crippen molar-refractivity contribution < 1.29 is 9.72 Å². The number of nitro groups is 1. The van der Waals surface area contributed by atoms with Crippen LogP contribution in [0.15, 0.2) is 23.0 Å². The van der Waals surface area contributed by atoms with Gasteiger partial charge in [0.05, 0.1) is 15.0 Å². The Hall–Kier alpha value is -2.02. The molecule has 0 aliphatic heterocycles. The molecule has 0 bridgehead atoms. The van der Waals surface area contributed by atoms with Gasteiger partial charge in [-0.2, -0.15) is 3.96 Å². The maximum absolute atomic E-state index is 11.6. The molecule has 0 unspecified atom stereocenters. The molecule has 1 heterocycles. The molecule has 1 aromatic carbocycles. The van der Waals surface area contributed by atoms with Crippen LogP contribution in [0.1, 0.15) is 11.7 Å². The molecule has 0 saturated heterocycles. The highest BCUT2D eigenvalue weighted by Gasteiger charge is 2.14. The quantitative estimate of drug-likeness (QED) is 0.558. The van der Waals surface area contributed by atoms with Gasteiger partial charge in [-0.25, -0.2) is 0 Å². The first-order valence-electron chi connectivity index (χ1n) is 4.32. The van der Waals surface area contributed by atoms with Gasteiger partial charge >= 0.3 is 0 Å². The smallest absolute Gasteiger partial charge is 0.273 e. The summed E-state index contributed by atoms with van der Waals surface area (Å²) in [7, 11) is 0. The zero-order chi connectivity index (χ0) is 11.9. The summed E-state index contributed by atoms with van der Waals surface area (Å²) in [6, 6.07) is 3.91. The summed E-state index contributed by atoms with van der Waals surface area (Å²) >= 11 is 0.914. The van der Waals surface area contributed by atoms with E-state index in [-0.39, 0.29) is 5.69 Å². The first kappa shape index (κ1) is 10.5. The molecule has 16 heavy (non-hydrogen) atoms. The Bertz CT molecular complexity index is 655. The van der Waals surface area contributed by atoms with E-state index < -0.39 is 16.4 Å². The number of carbonyl (C=O) groups is 1. The Labute approximate surface area is 93.0 Å². The van der Waals surface area contributed by atoms with E-state index >= 15 is 0 Å². The zero-order valence-electron chi connectivity index (χ0n) is 8.17. The minimum absolute atomic E-state index is 0.0931. The van der Waals surface area contributed by atoms with Crippen LogP contribution in [0.2, 0.25) is 0 Å². The molecule has 1 aromatic heterocycles. The SMILES string of the molecule is CC(=O)n1sc2cc([N+](=O)[O-])ccc2c1=O. The number of carbonyl (C=O) groups excluding carboxylic acids is 1. The van der Waals surface area contributed by atoms with Gasteiger partial charge in [0.2, 0.25) is 5.91 Å². The third-order valence-corrected chi connectivity index (χ3v) is 3.21. The fourth-order valence-electron chi connectivity index (χ4n) is 1.33. The number of benzene rings is 1. The Morgan fingerprint density at radius 3 is 2.75 bits per heavy atom. The van der Waals surface area contributed by atoms with Gasteiger partial charge in [0.1, 0.15) is 0 Å². The lowest BCUT2D eigenvalue weighted by Crippen LogP contribution is -2.17. The molecule has 0 N–H and O–H groups in total. The van der Waals surface area contributed by atoms with E-state index in [0.29, 0.717) is 10.1 Å². The standard InChI is InChI=1S/C9H6N2O4S/c1-5(12)10-9(13)7-3-2-6(11(14)15)4-8(7)16-10/h2-4H,1H3. The Balaban J connectivity index is 2.77. The van der Waals surface area contributed by atoms with Gasteiger partial charge in [-0.1, -0.05) is 0 Å². The maximum Gasteiger partial charge on any atom is 0.275 e. The van der Waals surface area contributed by atoms with E-state index in [1.807, 2.05) is 0 Å². The van der Waals surface area contributed by atoms with Gasteiger partial charge in [0, 0.05) is 19.1 Å². The first-order chi connectivity index (χ1) is 7.50. The van der Waals surface area contributed by atoms with E-state index in [1.54, 1.807) is 0 Å². The highest BCUT2D eigenvalue weighted by atomic mass is 32.1. The minimum atomic E-state index is -0.540. The Morgan fingerprint density at radius 1 is 1.50 bits per heavy atom. The van der Waals surface area contributed by atoms with Crippen LogP contribution in [0, 0.1) is 10.1 Å². The number of nitro benzene ring substituents is 1. The van der Waals surface area contributed by atoms with E-state index in [9.17, 15) is 19.7 Å². The largest absolute Gasteiger partial charge is 0.275 e. The number of fused-ring (bicyclic) bond motifs is 1. The van der Waals surface area contributed by atoms with Crippen LogP contribution in [0.4, 0.5) is 5.69 Å². The molecular formula is C9H6N2O4S. The number of rotatable bonds is 1. The van der Waals surface area contributed by atoms with Gasteiger partial charge in [-0.15, -0.1) is 0 Å². The number of nitrogens with zero attached hydrogens (tertiary/aromatic N) is 2. The van der Waals surface area contributed by atoms with E-state index in [1.165, 1.54) is 25.1 Å². The van der Waals surface area contributed by atoms with Crippen molar-refractivity contribution in [3.63, 3.8) is 0 Å². The van der Waals surface area contributed by atoms with Crippen LogP contribution in [-0.4, -0.2) is 14.8 Å². The summed E-state index contributed by atoms with van der Waals surface area (Å²) < 4.78 is 1.42. The van der Waals surface area contributed by atoms with Crippen LogP contribution in [-0.2, 0) is 0 Å². The molecule has 0 amide bonds. The van der Waals surface area contributed by atoms with Crippen molar-refractivity contribution in [2.45, 2.75) is 6.92 Å². The topological polar surface area (TPSA) is 82.2 Å². The summed E-state index contributed by atoms with van der Waals surface area (Å²) in [6.07, 6.45) is 0. The normalized spacial score (nSPS) is 10.6. The van der Waals surface area contributed by atoms with Crippen LogP contribution >= 0.6 is 11.5 Å². The first-order valence-corrected chi connectivity index (χ1v) is 5.09. The molecule has 0 aliphatic rings. The summed E-state index contributed by atoms with van der Waals surface area (Å²) in [5.41, 5.74) is -0.521. The van der Waals surface area contributed by atoms with Crippen molar-refractivity contribution in [2.75, 3.05) is 0 Å². The third kappa shape index (κ3) is 1.50. The average molecular weight is 238 g/mol. The predicted molar refractivity (Wildman–Crippen MR) is 59.0 cm³/mol. The Kier molecular flexibility index (Phi) is 2.31. The lowest BCUT2D eigenvalue weighted by atomic mass is 10.2. The van der Waals surface area contributed by atoms with Crippen LogP contribution in [0.25, 0.3) is 10.1 Å².